The molecule has 0 heterocycles. The molecule has 0 aliphatic heterocycles. The zero-order valence-corrected chi connectivity index (χ0v) is 11.7. The van der Waals surface area contributed by atoms with Gasteiger partial charge in [0.25, 0.3) is 0 Å². The molecule has 4 nitrogen and oxygen atoms in total. The zero-order valence-electron chi connectivity index (χ0n) is 11.7. The first kappa shape index (κ1) is 16.2. The fourth-order valence-corrected chi connectivity index (χ4v) is 1.86. The minimum atomic E-state index is 0.340. The Balaban J connectivity index is 3.70. The molecule has 0 bridgehead atoms. The Hall–Kier alpha value is -0.770. The third-order valence-electron chi connectivity index (χ3n) is 3.04. The number of rotatable bonds is 10. The van der Waals surface area contributed by atoms with Gasteiger partial charge >= 0.3 is 0 Å². The maximum Gasteiger partial charge on any atom is 0.139 e. The van der Waals surface area contributed by atoms with E-state index in [9.17, 15) is 0 Å². The molecule has 0 aromatic rings. The second-order valence-electron chi connectivity index (χ2n) is 4.89. The van der Waals surface area contributed by atoms with E-state index in [-0.39, 0.29) is 0 Å². The van der Waals surface area contributed by atoms with Crippen LogP contribution >= 0.6 is 0 Å². The molecule has 0 saturated carbocycles. The SMILES string of the molecule is CCCCCN(CCCCC(N)=NO)C(C)C. The number of oxime groups is 1. The van der Waals surface area contributed by atoms with Crippen molar-refractivity contribution in [1.82, 2.24) is 4.90 Å². The van der Waals surface area contributed by atoms with Crippen molar-refractivity contribution in [2.45, 2.75) is 65.3 Å². The summed E-state index contributed by atoms with van der Waals surface area (Å²) in [5.41, 5.74) is 5.43. The lowest BCUT2D eigenvalue weighted by molar-refractivity contribution is 0.213. The molecular formula is C13H29N3O. The van der Waals surface area contributed by atoms with E-state index in [2.05, 4.69) is 30.8 Å². The van der Waals surface area contributed by atoms with Gasteiger partial charge in [-0.15, -0.1) is 0 Å². The standard InChI is InChI=1S/C13H29N3O/c1-4-5-7-10-16(12(2)3)11-8-6-9-13(14)15-17/h12,17H,4-11H2,1-3H3,(H2,14,15). The van der Waals surface area contributed by atoms with Crippen LogP contribution in [-0.4, -0.2) is 35.1 Å². The van der Waals surface area contributed by atoms with Crippen molar-refractivity contribution in [3.05, 3.63) is 0 Å². The van der Waals surface area contributed by atoms with Crippen molar-refractivity contribution < 1.29 is 5.21 Å². The number of amidine groups is 1. The summed E-state index contributed by atoms with van der Waals surface area (Å²) in [6.45, 7) is 9.02. The molecule has 0 aliphatic carbocycles. The van der Waals surface area contributed by atoms with Crippen molar-refractivity contribution >= 4 is 5.84 Å². The third-order valence-corrected chi connectivity index (χ3v) is 3.04. The lowest BCUT2D eigenvalue weighted by atomic mass is 10.1. The van der Waals surface area contributed by atoms with Crippen LogP contribution in [-0.2, 0) is 0 Å². The molecule has 0 aromatic carbocycles. The first-order chi connectivity index (χ1) is 8.11. The van der Waals surface area contributed by atoms with Gasteiger partial charge in [-0.25, -0.2) is 0 Å². The van der Waals surface area contributed by atoms with Gasteiger partial charge in [-0.1, -0.05) is 24.9 Å². The smallest absolute Gasteiger partial charge is 0.139 e. The Morgan fingerprint density at radius 2 is 1.76 bits per heavy atom. The normalized spacial score (nSPS) is 12.6. The van der Waals surface area contributed by atoms with Crippen LogP contribution in [0.2, 0.25) is 0 Å². The number of nitrogens with zero attached hydrogens (tertiary/aromatic N) is 2. The Labute approximate surface area is 106 Å². The average molecular weight is 243 g/mol. The zero-order chi connectivity index (χ0) is 13.1. The van der Waals surface area contributed by atoms with Crippen molar-refractivity contribution in [2.24, 2.45) is 10.9 Å². The molecule has 0 unspecified atom stereocenters. The average Bonchev–Trinajstić information content (AvgIpc) is 2.31. The first-order valence-corrected chi connectivity index (χ1v) is 6.82. The lowest BCUT2D eigenvalue weighted by Crippen LogP contribution is -2.32. The summed E-state index contributed by atoms with van der Waals surface area (Å²) in [6, 6.07) is 0.607. The molecule has 102 valence electrons. The van der Waals surface area contributed by atoms with Crippen LogP contribution in [0, 0.1) is 0 Å². The molecule has 0 aliphatic rings. The molecule has 17 heavy (non-hydrogen) atoms. The van der Waals surface area contributed by atoms with E-state index >= 15 is 0 Å². The first-order valence-electron chi connectivity index (χ1n) is 6.82. The highest BCUT2D eigenvalue weighted by Crippen LogP contribution is 2.06. The maximum absolute atomic E-state index is 8.43. The summed E-state index contributed by atoms with van der Waals surface area (Å²) in [5, 5.41) is 11.4. The van der Waals surface area contributed by atoms with Crippen LogP contribution in [0.3, 0.4) is 0 Å². The van der Waals surface area contributed by atoms with E-state index in [4.69, 9.17) is 10.9 Å². The van der Waals surface area contributed by atoms with Crippen molar-refractivity contribution in [2.75, 3.05) is 13.1 Å². The van der Waals surface area contributed by atoms with Crippen molar-refractivity contribution in [1.29, 1.82) is 0 Å². The molecule has 0 saturated heterocycles. The van der Waals surface area contributed by atoms with Gasteiger partial charge in [0.05, 0.1) is 0 Å². The summed E-state index contributed by atoms with van der Waals surface area (Å²) in [6.07, 6.45) is 6.67. The second-order valence-corrected chi connectivity index (χ2v) is 4.89. The highest BCUT2D eigenvalue weighted by atomic mass is 16.4. The van der Waals surface area contributed by atoms with Gasteiger partial charge in [-0.3, -0.25) is 0 Å². The molecule has 4 heteroatoms. The molecule has 0 rings (SSSR count). The van der Waals surface area contributed by atoms with Crippen LogP contribution < -0.4 is 5.73 Å². The Kier molecular flexibility index (Phi) is 9.92. The summed E-state index contributed by atoms with van der Waals surface area (Å²) in [7, 11) is 0. The van der Waals surface area contributed by atoms with E-state index < -0.39 is 0 Å². The molecule has 0 radical (unpaired) electrons. The summed E-state index contributed by atoms with van der Waals surface area (Å²) < 4.78 is 0. The van der Waals surface area contributed by atoms with Crippen LogP contribution in [0.5, 0.6) is 0 Å². The van der Waals surface area contributed by atoms with Gasteiger partial charge in [0.1, 0.15) is 5.84 Å². The fourth-order valence-electron chi connectivity index (χ4n) is 1.86. The van der Waals surface area contributed by atoms with Crippen molar-refractivity contribution in [3.8, 4) is 0 Å². The second kappa shape index (κ2) is 10.4. The minimum absolute atomic E-state index is 0.340. The third kappa shape index (κ3) is 8.98. The maximum atomic E-state index is 8.43. The Morgan fingerprint density at radius 1 is 1.18 bits per heavy atom. The van der Waals surface area contributed by atoms with E-state index in [1.807, 2.05) is 0 Å². The molecule has 0 atom stereocenters. The molecule has 0 aromatic heterocycles. The van der Waals surface area contributed by atoms with Gasteiger partial charge in [0.2, 0.25) is 0 Å². The molecule has 0 amide bonds. The van der Waals surface area contributed by atoms with Gasteiger partial charge in [0.15, 0.2) is 0 Å². The van der Waals surface area contributed by atoms with Crippen LogP contribution in [0.1, 0.15) is 59.3 Å². The van der Waals surface area contributed by atoms with E-state index in [0.29, 0.717) is 18.3 Å². The minimum Gasteiger partial charge on any atom is -0.409 e. The Bertz CT molecular complexity index is 205. The van der Waals surface area contributed by atoms with Crippen molar-refractivity contribution in [3.63, 3.8) is 0 Å². The highest BCUT2D eigenvalue weighted by molar-refractivity contribution is 5.79. The van der Waals surface area contributed by atoms with E-state index in [1.165, 1.54) is 25.8 Å². The molecule has 3 N–H and O–H groups in total. The van der Waals surface area contributed by atoms with Crippen LogP contribution in [0.25, 0.3) is 0 Å². The van der Waals surface area contributed by atoms with E-state index in [0.717, 1.165) is 19.4 Å². The summed E-state index contributed by atoms with van der Waals surface area (Å²) >= 11 is 0. The number of hydrogen-bond donors (Lipinski definition) is 2. The predicted molar refractivity (Wildman–Crippen MR) is 73.5 cm³/mol. The van der Waals surface area contributed by atoms with Gasteiger partial charge in [-0.05, 0) is 46.2 Å². The largest absolute Gasteiger partial charge is 0.409 e. The molecule has 0 fully saturated rings. The topological polar surface area (TPSA) is 61.8 Å². The predicted octanol–water partition coefficient (Wildman–Crippen LogP) is 2.80. The van der Waals surface area contributed by atoms with Crippen LogP contribution in [0.15, 0.2) is 5.16 Å². The monoisotopic (exact) mass is 243 g/mol. The van der Waals surface area contributed by atoms with Gasteiger partial charge < -0.3 is 15.8 Å². The summed E-state index contributed by atoms with van der Waals surface area (Å²) in [4.78, 5) is 2.52. The van der Waals surface area contributed by atoms with E-state index in [1.54, 1.807) is 0 Å². The fraction of sp³-hybridized carbons (Fsp3) is 0.923. The Morgan fingerprint density at radius 3 is 2.24 bits per heavy atom. The number of hydrogen-bond acceptors (Lipinski definition) is 3. The van der Waals surface area contributed by atoms with Gasteiger partial charge in [0, 0.05) is 12.5 Å². The van der Waals surface area contributed by atoms with Crippen LogP contribution in [0.4, 0.5) is 0 Å². The highest BCUT2D eigenvalue weighted by Gasteiger charge is 2.08. The number of nitrogens with two attached hydrogens (primary N) is 1. The number of unbranched alkanes of at least 4 members (excludes halogenated alkanes) is 3. The van der Waals surface area contributed by atoms with Gasteiger partial charge in [-0.2, -0.15) is 0 Å². The quantitative estimate of drug-likeness (QED) is 0.204. The molecule has 0 spiro atoms. The molecular weight excluding hydrogens is 214 g/mol. The lowest BCUT2D eigenvalue weighted by Gasteiger charge is -2.26. The summed E-state index contributed by atoms with van der Waals surface area (Å²) in [5.74, 6) is 0.340.